The standard InChI is InChI=1S/C18H34O2/c1-3-4-5-6-7-8-9-10-11-12-13-14-15-16-17-18(19)20-2/h14-15H,3-13,16-17H2,1-2H3/b15-14+. The first-order chi connectivity index (χ1) is 9.81. The topological polar surface area (TPSA) is 26.3 Å². The summed E-state index contributed by atoms with van der Waals surface area (Å²) in [6.45, 7) is 2.27. The summed E-state index contributed by atoms with van der Waals surface area (Å²) in [6, 6.07) is 0. The van der Waals surface area contributed by atoms with Gasteiger partial charge in [-0.05, 0) is 19.3 Å². The maximum absolute atomic E-state index is 10.9. The van der Waals surface area contributed by atoms with E-state index < -0.39 is 0 Å². The van der Waals surface area contributed by atoms with Crippen molar-refractivity contribution in [3.63, 3.8) is 0 Å². The molecule has 0 aromatic rings. The lowest BCUT2D eigenvalue weighted by Gasteiger charge is -2.01. The Morgan fingerprint density at radius 1 is 0.800 bits per heavy atom. The van der Waals surface area contributed by atoms with Crippen molar-refractivity contribution in [2.45, 2.75) is 90.4 Å². The molecule has 20 heavy (non-hydrogen) atoms. The van der Waals surface area contributed by atoms with E-state index in [1.807, 2.05) is 0 Å². The zero-order chi connectivity index (χ0) is 14.9. The molecule has 0 aromatic carbocycles. The molecular weight excluding hydrogens is 248 g/mol. The minimum absolute atomic E-state index is 0.117. The normalized spacial score (nSPS) is 11.1. The summed E-state index contributed by atoms with van der Waals surface area (Å²) in [7, 11) is 1.44. The molecule has 0 saturated carbocycles. The van der Waals surface area contributed by atoms with Crippen LogP contribution in [-0.2, 0) is 9.53 Å². The summed E-state index contributed by atoms with van der Waals surface area (Å²) >= 11 is 0. The zero-order valence-electron chi connectivity index (χ0n) is 13.7. The van der Waals surface area contributed by atoms with Crippen LogP contribution in [0.2, 0.25) is 0 Å². The van der Waals surface area contributed by atoms with E-state index in [0.29, 0.717) is 6.42 Å². The SMILES string of the molecule is CCCCCCCCCCCC/C=C/CCC(=O)OC. The van der Waals surface area contributed by atoms with Crippen LogP contribution in [0.5, 0.6) is 0 Å². The Balaban J connectivity index is 3.09. The first-order valence-corrected chi connectivity index (χ1v) is 8.53. The molecule has 0 bridgehead atoms. The second-order valence-electron chi connectivity index (χ2n) is 5.56. The fraction of sp³-hybridized carbons (Fsp3) is 0.833. The van der Waals surface area contributed by atoms with E-state index in [9.17, 15) is 4.79 Å². The van der Waals surface area contributed by atoms with Crippen molar-refractivity contribution < 1.29 is 9.53 Å². The van der Waals surface area contributed by atoms with Crippen LogP contribution >= 0.6 is 0 Å². The number of allylic oxidation sites excluding steroid dienone is 2. The van der Waals surface area contributed by atoms with Crippen LogP contribution in [0.15, 0.2) is 12.2 Å². The Bertz CT molecular complexity index is 234. The molecule has 0 N–H and O–H groups in total. The van der Waals surface area contributed by atoms with Crippen molar-refractivity contribution in [1.29, 1.82) is 0 Å². The predicted octanol–water partition coefficient (Wildman–Crippen LogP) is 5.81. The first-order valence-electron chi connectivity index (χ1n) is 8.53. The van der Waals surface area contributed by atoms with Gasteiger partial charge in [0, 0.05) is 6.42 Å². The van der Waals surface area contributed by atoms with Gasteiger partial charge in [0.1, 0.15) is 0 Å². The van der Waals surface area contributed by atoms with Gasteiger partial charge in [-0.15, -0.1) is 0 Å². The second kappa shape index (κ2) is 16.3. The third-order valence-corrected chi connectivity index (χ3v) is 3.63. The summed E-state index contributed by atoms with van der Waals surface area (Å²) in [5.74, 6) is -0.117. The molecule has 0 amide bonds. The fourth-order valence-corrected chi connectivity index (χ4v) is 2.29. The fourth-order valence-electron chi connectivity index (χ4n) is 2.29. The molecule has 0 spiro atoms. The van der Waals surface area contributed by atoms with Crippen LogP contribution in [0.4, 0.5) is 0 Å². The lowest BCUT2D eigenvalue weighted by molar-refractivity contribution is -0.140. The van der Waals surface area contributed by atoms with Gasteiger partial charge >= 0.3 is 5.97 Å². The number of rotatable bonds is 14. The largest absolute Gasteiger partial charge is 0.469 e. The van der Waals surface area contributed by atoms with Crippen LogP contribution < -0.4 is 0 Å². The van der Waals surface area contributed by atoms with Gasteiger partial charge in [-0.3, -0.25) is 4.79 Å². The molecule has 0 aliphatic rings. The van der Waals surface area contributed by atoms with Crippen LogP contribution in [-0.4, -0.2) is 13.1 Å². The van der Waals surface area contributed by atoms with Crippen LogP contribution in [0, 0.1) is 0 Å². The van der Waals surface area contributed by atoms with Crippen LogP contribution in [0.25, 0.3) is 0 Å². The van der Waals surface area contributed by atoms with Crippen molar-refractivity contribution in [3.8, 4) is 0 Å². The molecule has 0 aliphatic heterocycles. The quantitative estimate of drug-likeness (QED) is 0.228. The molecule has 2 heteroatoms. The van der Waals surface area contributed by atoms with Gasteiger partial charge in [0.05, 0.1) is 7.11 Å². The number of hydrogen-bond donors (Lipinski definition) is 0. The van der Waals surface area contributed by atoms with E-state index in [4.69, 9.17) is 0 Å². The predicted molar refractivity (Wildman–Crippen MR) is 86.9 cm³/mol. The smallest absolute Gasteiger partial charge is 0.305 e. The number of methoxy groups -OCH3 is 1. The number of unbranched alkanes of at least 4 members (excludes halogenated alkanes) is 10. The highest BCUT2D eigenvalue weighted by Crippen LogP contribution is 2.11. The lowest BCUT2D eigenvalue weighted by atomic mass is 10.1. The zero-order valence-corrected chi connectivity index (χ0v) is 13.7. The first kappa shape index (κ1) is 19.2. The Kier molecular flexibility index (Phi) is 15.6. The third kappa shape index (κ3) is 15.3. The van der Waals surface area contributed by atoms with Gasteiger partial charge in [-0.25, -0.2) is 0 Å². The summed E-state index contributed by atoms with van der Waals surface area (Å²) < 4.78 is 4.59. The average Bonchev–Trinajstić information content (AvgIpc) is 2.47. The van der Waals surface area contributed by atoms with E-state index in [1.165, 1.54) is 71.3 Å². The monoisotopic (exact) mass is 282 g/mol. The van der Waals surface area contributed by atoms with Crippen LogP contribution in [0.1, 0.15) is 90.4 Å². The van der Waals surface area contributed by atoms with E-state index in [0.717, 1.165) is 12.8 Å². The highest BCUT2D eigenvalue weighted by atomic mass is 16.5. The molecule has 0 radical (unpaired) electrons. The van der Waals surface area contributed by atoms with Crippen molar-refractivity contribution in [3.05, 3.63) is 12.2 Å². The molecule has 0 aliphatic carbocycles. The van der Waals surface area contributed by atoms with Gasteiger partial charge in [-0.2, -0.15) is 0 Å². The highest BCUT2D eigenvalue weighted by molar-refractivity contribution is 5.69. The van der Waals surface area contributed by atoms with Gasteiger partial charge in [0.25, 0.3) is 0 Å². The van der Waals surface area contributed by atoms with Crippen molar-refractivity contribution in [2.75, 3.05) is 7.11 Å². The molecular formula is C18H34O2. The number of carbonyl (C=O) groups is 1. The number of ether oxygens (including phenoxy) is 1. The molecule has 0 fully saturated rings. The van der Waals surface area contributed by atoms with Crippen molar-refractivity contribution >= 4 is 5.97 Å². The Labute approximate surface area is 126 Å². The number of hydrogen-bond acceptors (Lipinski definition) is 2. The van der Waals surface area contributed by atoms with E-state index in [-0.39, 0.29) is 5.97 Å². The minimum atomic E-state index is -0.117. The Morgan fingerprint density at radius 3 is 1.85 bits per heavy atom. The summed E-state index contributed by atoms with van der Waals surface area (Å²) in [4.78, 5) is 10.9. The lowest BCUT2D eigenvalue weighted by Crippen LogP contribution is -1.97. The van der Waals surface area contributed by atoms with Crippen LogP contribution in [0.3, 0.4) is 0 Å². The molecule has 118 valence electrons. The van der Waals surface area contributed by atoms with Crippen molar-refractivity contribution in [2.24, 2.45) is 0 Å². The molecule has 0 saturated heterocycles. The third-order valence-electron chi connectivity index (χ3n) is 3.63. The molecule has 0 rings (SSSR count). The minimum Gasteiger partial charge on any atom is -0.469 e. The van der Waals surface area contributed by atoms with E-state index in [1.54, 1.807) is 0 Å². The highest BCUT2D eigenvalue weighted by Gasteiger charge is 1.95. The van der Waals surface area contributed by atoms with E-state index in [2.05, 4.69) is 23.8 Å². The molecule has 0 atom stereocenters. The molecule has 0 heterocycles. The molecule has 2 nitrogen and oxygen atoms in total. The molecule has 0 aromatic heterocycles. The summed E-state index contributed by atoms with van der Waals surface area (Å²) in [6.07, 6.45) is 20.6. The maximum atomic E-state index is 10.9. The second-order valence-corrected chi connectivity index (χ2v) is 5.56. The number of carbonyl (C=O) groups excluding carboxylic acids is 1. The van der Waals surface area contributed by atoms with Gasteiger partial charge < -0.3 is 4.74 Å². The van der Waals surface area contributed by atoms with E-state index >= 15 is 0 Å². The molecule has 0 unspecified atom stereocenters. The van der Waals surface area contributed by atoms with Gasteiger partial charge in [0.15, 0.2) is 0 Å². The average molecular weight is 282 g/mol. The summed E-state index contributed by atoms with van der Waals surface area (Å²) in [5, 5.41) is 0. The Morgan fingerprint density at radius 2 is 1.30 bits per heavy atom. The Hall–Kier alpha value is -0.790. The summed E-state index contributed by atoms with van der Waals surface area (Å²) in [5.41, 5.74) is 0. The number of esters is 1. The van der Waals surface area contributed by atoms with Crippen molar-refractivity contribution in [1.82, 2.24) is 0 Å². The van der Waals surface area contributed by atoms with Gasteiger partial charge in [-0.1, -0.05) is 76.9 Å². The van der Waals surface area contributed by atoms with Gasteiger partial charge in [0.2, 0.25) is 0 Å². The maximum Gasteiger partial charge on any atom is 0.305 e.